The van der Waals surface area contributed by atoms with E-state index in [1.807, 2.05) is 60.7 Å². The molecule has 25 heavy (non-hydrogen) atoms. The maximum atomic E-state index is 12.0. The molecule has 0 aliphatic carbocycles. The van der Waals surface area contributed by atoms with Crippen molar-refractivity contribution in [1.82, 2.24) is 0 Å². The third-order valence-corrected chi connectivity index (χ3v) is 3.76. The molecule has 0 atom stereocenters. The zero-order valence-corrected chi connectivity index (χ0v) is 13.9. The van der Waals surface area contributed by atoms with E-state index >= 15 is 0 Å². The number of nitrogens with one attached hydrogen (secondary N) is 3. The van der Waals surface area contributed by atoms with Gasteiger partial charge in [-0.2, -0.15) is 0 Å². The summed E-state index contributed by atoms with van der Waals surface area (Å²) in [5, 5.41) is 9.00. The summed E-state index contributed by atoms with van der Waals surface area (Å²) in [4.78, 5) is 12.0. The topological polar surface area (TPSA) is 53.2 Å². The monoisotopic (exact) mass is 331 g/mol. The molecule has 3 aromatic rings. The molecule has 0 spiro atoms. The van der Waals surface area contributed by atoms with Crippen LogP contribution < -0.4 is 16.0 Å². The van der Waals surface area contributed by atoms with E-state index < -0.39 is 0 Å². The van der Waals surface area contributed by atoms with Crippen LogP contribution in [0.2, 0.25) is 0 Å². The molecule has 0 aliphatic rings. The van der Waals surface area contributed by atoms with E-state index in [2.05, 4.69) is 40.2 Å². The van der Waals surface area contributed by atoms with Crippen molar-refractivity contribution in [3.63, 3.8) is 0 Å². The van der Waals surface area contributed by atoms with Crippen molar-refractivity contribution in [2.75, 3.05) is 22.5 Å². The lowest BCUT2D eigenvalue weighted by Gasteiger charge is -2.10. The summed E-state index contributed by atoms with van der Waals surface area (Å²) in [5.41, 5.74) is 3.86. The van der Waals surface area contributed by atoms with Crippen molar-refractivity contribution in [1.29, 1.82) is 0 Å². The first-order valence-electron chi connectivity index (χ1n) is 8.30. The molecular weight excluding hydrogens is 310 g/mol. The van der Waals surface area contributed by atoms with Gasteiger partial charge in [-0.05, 0) is 48.4 Å². The highest BCUT2D eigenvalue weighted by Gasteiger charge is 2.02. The van der Waals surface area contributed by atoms with Gasteiger partial charge in [-0.1, -0.05) is 48.5 Å². The number of anilines is 3. The second kappa shape index (κ2) is 8.55. The van der Waals surface area contributed by atoms with Crippen LogP contribution in [0, 0.1) is 0 Å². The average molecular weight is 331 g/mol. The molecule has 3 aromatic carbocycles. The van der Waals surface area contributed by atoms with Crippen LogP contribution in [0.5, 0.6) is 0 Å². The second-order valence-electron chi connectivity index (χ2n) is 5.68. The van der Waals surface area contributed by atoms with Crippen molar-refractivity contribution in [2.45, 2.75) is 6.42 Å². The molecule has 3 rings (SSSR count). The predicted octanol–water partition coefficient (Wildman–Crippen LogP) is 4.99. The van der Waals surface area contributed by atoms with Crippen LogP contribution in [0.1, 0.15) is 5.56 Å². The van der Waals surface area contributed by atoms with Gasteiger partial charge in [0.1, 0.15) is 0 Å². The number of para-hydroxylation sites is 1. The van der Waals surface area contributed by atoms with Crippen LogP contribution in [0.15, 0.2) is 84.9 Å². The summed E-state index contributed by atoms with van der Waals surface area (Å²) in [7, 11) is 0. The molecule has 2 amide bonds. The van der Waals surface area contributed by atoms with Crippen LogP contribution in [0.25, 0.3) is 0 Å². The van der Waals surface area contributed by atoms with E-state index in [1.54, 1.807) is 0 Å². The lowest BCUT2D eigenvalue weighted by Crippen LogP contribution is -2.19. The van der Waals surface area contributed by atoms with Gasteiger partial charge in [-0.25, -0.2) is 4.79 Å². The summed E-state index contributed by atoms with van der Waals surface area (Å²) in [6.07, 6.45) is 0.973. The Morgan fingerprint density at radius 1 is 0.640 bits per heavy atom. The van der Waals surface area contributed by atoms with Crippen LogP contribution in [0.4, 0.5) is 21.9 Å². The van der Waals surface area contributed by atoms with Crippen molar-refractivity contribution in [2.24, 2.45) is 0 Å². The fraction of sp³-hybridized carbons (Fsp3) is 0.0952. The lowest BCUT2D eigenvalue weighted by atomic mass is 10.1. The average Bonchev–Trinajstić information content (AvgIpc) is 2.65. The van der Waals surface area contributed by atoms with Gasteiger partial charge in [-0.15, -0.1) is 0 Å². The summed E-state index contributed by atoms with van der Waals surface area (Å²) in [6.45, 7) is 0.866. The minimum atomic E-state index is -0.254. The largest absolute Gasteiger partial charge is 0.385 e. The Bertz CT molecular complexity index is 786. The quantitative estimate of drug-likeness (QED) is 0.596. The van der Waals surface area contributed by atoms with E-state index in [0.717, 1.165) is 30.0 Å². The molecule has 0 fully saturated rings. The maximum absolute atomic E-state index is 12.0. The summed E-state index contributed by atoms with van der Waals surface area (Å²) >= 11 is 0. The van der Waals surface area contributed by atoms with Gasteiger partial charge in [0, 0.05) is 23.6 Å². The Hall–Kier alpha value is -3.27. The molecular formula is C21H21N3O. The number of urea groups is 1. The Labute approximate surface area is 147 Å². The van der Waals surface area contributed by atoms with E-state index in [0.29, 0.717) is 0 Å². The highest BCUT2D eigenvalue weighted by molar-refractivity contribution is 5.99. The number of benzene rings is 3. The van der Waals surface area contributed by atoms with Gasteiger partial charge in [0.15, 0.2) is 0 Å². The Kier molecular flexibility index (Phi) is 5.67. The molecule has 0 bridgehead atoms. The van der Waals surface area contributed by atoms with Crippen LogP contribution in [-0.2, 0) is 6.42 Å². The fourth-order valence-corrected chi connectivity index (χ4v) is 2.48. The minimum Gasteiger partial charge on any atom is -0.385 e. The number of amides is 2. The van der Waals surface area contributed by atoms with Gasteiger partial charge in [0.05, 0.1) is 0 Å². The van der Waals surface area contributed by atoms with Crippen LogP contribution in [0.3, 0.4) is 0 Å². The summed E-state index contributed by atoms with van der Waals surface area (Å²) in [5.74, 6) is 0. The van der Waals surface area contributed by atoms with Gasteiger partial charge in [0.25, 0.3) is 0 Å². The molecule has 0 heterocycles. The fourth-order valence-electron chi connectivity index (χ4n) is 2.48. The Morgan fingerprint density at radius 3 is 1.80 bits per heavy atom. The van der Waals surface area contributed by atoms with Gasteiger partial charge in [-0.3, -0.25) is 0 Å². The number of carbonyl (C=O) groups is 1. The van der Waals surface area contributed by atoms with Gasteiger partial charge in [0.2, 0.25) is 0 Å². The van der Waals surface area contributed by atoms with Gasteiger partial charge >= 0.3 is 6.03 Å². The highest BCUT2D eigenvalue weighted by atomic mass is 16.2. The molecule has 4 nitrogen and oxygen atoms in total. The molecule has 0 unspecified atom stereocenters. The van der Waals surface area contributed by atoms with E-state index in [1.165, 1.54) is 5.56 Å². The number of hydrogen-bond acceptors (Lipinski definition) is 2. The zero-order valence-electron chi connectivity index (χ0n) is 13.9. The maximum Gasteiger partial charge on any atom is 0.323 e. The van der Waals surface area contributed by atoms with Crippen LogP contribution >= 0.6 is 0 Å². The first-order chi connectivity index (χ1) is 12.3. The van der Waals surface area contributed by atoms with Crippen molar-refractivity contribution in [3.05, 3.63) is 90.5 Å². The first kappa shape index (κ1) is 16.6. The van der Waals surface area contributed by atoms with Crippen molar-refractivity contribution in [3.8, 4) is 0 Å². The first-order valence-corrected chi connectivity index (χ1v) is 8.30. The van der Waals surface area contributed by atoms with Crippen molar-refractivity contribution >= 4 is 23.1 Å². The Balaban J connectivity index is 1.46. The molecule has 126 valence electrons. The molecule has 0 saturated carbocycles. The normalized spacial score (nSPS) is 10.1. The van der Waals surface area contributed by atoms with Gasteiger partial charge < -0.3 is 16.0 Å². The summed E-state index contributed by atoms with van der Waals surface area (Å²) < 4.78 is 0. The molecule has 0 aromatic heterocycles. The highest BCUT2D eigenvalue weighted by Crippen LogP contribution is 2.14. The molecule has 3 N–H and O–H groups in total. The third-order valence-electron chi connectivity index (χ3n) is 3.76. The van der Waals surface area contributed by atoms with E-state index in [9.17, 15) is 4.79 Å². The molecule has 0 aliphatic heterocycles. The number of rotatable bonds is 6. The minimum absolute atomic E-state index is 0.254. The predicted molar refractivity (Wildman–Crippen MR) is 104 cm³/mol. The molecule has 0 radical (unpaired) electrons. The molecule has 4 heteroatoms. The van der Waals surface area contributed by atoms with E-state index in [-0.39, 0.29) is 6.03 Å². The Morgan fingerprint density at radius 2 is 1.16 bits per heavy atom. The second-order valence-corrected chi connectivity index (χ2v) is 5.68. The van der Waals surface area contributed by atoms with Crippen molar-refractivity contribution < 1.29 is 4.79 Å². The molecule has 0 saturated heterocycles. The van der Waals surface area contributed by atoms with E-state index in [4.69, 9.17) is 0 Å². The number of hydrogen-bond donors (Lipinski definition) is 3. The SMILES string of the molecule is O=C(Nc1ccccc1)Nc1ccc(NCCc2ccccc2)cc1. The summed E-state index contributed by atoms with van der Waals surface area (Å²) in [6, 6.07) is 27.2. The smallest absolute Gasteiger partial charge is 0.323 e. The lowest BCUT2D eigenvalue weighted by molar-refractivity contribution is 0.262. The number of carbonyl (C=O) groups excluding carboxylic acids is 1. The zero-order chi connectivity index (χ0) is 17.3. The third kappa shape index (κ3) is 5.39. The van der Waals surface area contributed by atoms with Crippen LogP contribution in [-0.4, -0.2) is 12.6 Å². The standard InChI is InChI=1S/C21H21N3O/c25-21(23-19-9-5-2-6-10-19)24-20-13-11-18(12-14-20)22-16-15-17-7-3-1-4-8-17/h1-14,22H,15-16H2,(H2,23,24,25).